The SMILES string of the molecule is CC[C@H]1CNCCN1c1nc2ccc(Cl)cc2s1. The second kappa shape index (κ2) is 5.03. The van der Waals surface area contributed by atoms with Gasteiger partial charge in [0.1, 0.15) is 0 Å². The summed E-state index contributed by atoms with van der Waals surface area (Å²) in [7, 11) is 0. The van der Waals surface area contributed by atoms with E-state index in [0.29, 0.717) is 6.04 Å². The largest absolute Gasteiger partial charge is 0.343 e. The van der Waals surface area contributed by atoms with E-state index in [1.165, 1.54) is 4.70 Å². The topological polar surface area (TPSA) is 28.2 Å². The van der Waals surface area contributed by atoms with Crippen LogP contribution < -0.4 is 10.2 Å². The van der Waals surface area contributed by atoms with Crippen molar-refractivity contribution >= 4 is 38.3 Å². The summed E-state index contributed by atoms with van der Waals surface area (Å²) in [6.07, 6.45) is 1.14. The molecular formula is C13H16ClN3S. The minimum absolute atomic E-state index is 0.551. The normalized spacial score (nSPS) is 20.6. The summed E-state index contributed by atoms with van der Waals surface area (Å²) in [6, 6.07) is 6.46. The molecule has 18 heavy (non-hydrogen) atoms. The fourth-order valence-corrected chi connectivity index (χ4v) is 3.73. The lowest BCUT2D eigenvalue weighted by Crippen LogP contribution is -2.51. The molecule has 0 unspecified atom stereocenters. The first-order valence-electron chi connectivity index (χ1n) is 6.31. The fourth-order valence-electron chi connectivity index (χ4n) is 2.39. The second-order valence-electron chi connectivity index (χ2n) is 4.57. The summed E-state index contributed by atoms with van der Waals surface area (Å²) < 4.78 is 1.17. The van der Waals surface area contributed by atoms with E-state index in [1.807, 2.05) is 18.2 Å². The van der Waals surface area contributed by atoms with Crippen molar-refractivity contribution in [2.45, 2.75) is 19.4 Å². The molecule has 0 aliphatic carbocycles. The number of thiazole rings is 1. The van der Waals surface area contributed by atoms with E-state index >= 15 is 0 Å². The first kappa shape index (κ1) is 12.2. The maximum atomic E-state index is 6.02. The fraction of sp³-hybridized carbons (Fsp3) is 0.462. The molecule has 5 heteroatoms. The van der Waals surface area contributed by atoms with Gasteiger partial charge in [0.15, 0.2) is 5.13 Å². The van der Waals surface area contributed by atoms with Crippen molar-refractivity contribution < 1.29 is 0 Å². The van der Waals surface area contributed by atoms with Gasteiger partial charge < -0.3 is 10.2 Å². The molecule has 0 radical (unpaired) electrons. The molecule has 0 saturated carbocycles. The van der Waals surface area contributed by atoms with Gasteiger partial charge in [-0.25, -0.2) is 4.98 Å². The van der Waals surface area contributed by atoms with Crippen LogP contribution in [0, 0.1) is 0 Å². The van der Waals surface area contributed by atoms with Crippen molar-refractivity contribution in [1.29, 1.82) is 0 Å². The minimum Gasteiger partial charge on any atom is -0.343 e. The van der Waals surface area contributed by atoms with Gasteiger partial charge in [0.25, 0.3) is 0 Å². The minimum atomic E-state index is 0.551. The molecule has 0 spiro atoms. The quantitative estimate of drug-likeness (QED) is 0.917. The lowest BCUT2D eigenvalue weighted by Gasteiger charge is -2.35. The molecule has 1 N–H and O–H groups in total. The lowest BCUT2D eigenvalue weighted by atomic mass is 10.1. The molecule has 2 aromatic rings. The Kier molecular flexibility index (Phi) is 3.41. The molecule has 2 heterocycles. The number of fused-ring (bicyclic) bond motifs is 1. The maximum absolute atomic E-state index is 6.02. The molecular weight excluding hydrogens is 266 g/mol. The number of aromatic nitrogens is 1. The molecule has 1 aromatic carbocycles. The van der Waals surface area contributed by atoms with E-state index in [4.69, 9.17) is 16.6 Å². The molecule has 1 saturated heterocycles. The molecule has 3 rings (SSSR count). The van der Waals surface area contributed by atoms with Crippen LogP contribution in [-0.2, 0) is 0 Å². The first-order valence-corrected chi connectivity index (χ1v) is 7.51. The van der Waals surface area contributed by atoms with Crippen molar-refractivity contribution in [1.82, 2.24) is 10.3 Å². The highest BCUT2D eigenvalue weighted by Gasteiger charge is 2.23. The number of hydrogen-bond acceptors (Lipinski definition) is 4. The van der Waals surface area contributed by atoms with Crippen LogP contribution in [0.3, 0.4) is 0 Å². The van der Waals surface area contributed by atoms with Crippen molar-refractivity contribution in [3.05, 3.63) is 23.2 Å². The van der Waals surface area contributed by atoms with E-state index in [2.05, 4.69) is 17.1 Å². The van der Waals surface area contributed by atoms with Crippen LogP contribution in [0.4, 0.5) is 5.13 Å². The molecule has 0 amide bonds. The van der Waals surface area contributed by atoms with E-state index in [0.717, 1.165) is 41.7 Å². The zero-order valence-corrected chi connectivity index (χ0v) is 11.9. The monoisotopic (exact) mass is 281 g/mol. The molecule has 1 aromatic heterocycles. The average Bonchev–Trinajstić information content (AvgIpc) is 2.81. The third kappa shape index (κ3) is 2.20. The Bertz CT molecular complexity index is 554. The Hall–Kier alpha value is -0.840. The van der Waals surface area contributed by atoms with Crippen molar-refractivity contribution in [3.8, 4) is 0 Å². The molecule has 3 nitrogen and oxygen atoms in total. The number of hydrogen-bond donors (Lipinski definition) is 1. The number of anilines is 1. The number of piperazine rings is 1. The van der Waals surface area contributed by atoms with Crippen LogP contribution in [-0.4, -0.2) is 30.7 Å². The van der Waals surface area contributed by atoms with Gasteiger partial charge in [-0.05, 0) is 24.6 Å². The van der Waals surface area contributed by atoms with Gasteiger partial charge in [-0.3, -0.25) is 0 Å². The highest BCUT2D eigenvalue weighted by atomic mass is 35.5. The summed E-state index contributed by atoms with van der Waals surface area (Å²) in [6.45, 7) is 5.35. The van der Waals surface area contributed by atoms with E-state index in [-0.39, 0.29) is 0 Å². The molecule has 1 aliphatic rings. The predicted molar refractivity (Wildman–Crippen MR) is 78.9 cm³/mol. The van der Waals surface area contributed by atoms with Crippen LogP contribution in [0.25, 0.3) is 10.2 Å². The van der Waals surface area contributed by atoms with Crippen LogP contribution in [0.5, 0.6) is 0 Å². The number of rotatable bonds is 2. The summed E-state index contributed by atoms with van der Waals surface area (Å²) in [4.78, 5) is 7.16. The zero-order chi connectivity index (χ0) is 12.5. The third-order valence-electron chi connectivity index (χ3n) is 3.41. The third-order valence-corrected chi connectivity index (χ3v) is 4.70. The summed E-state index contributed by atoms with van der Waals surface area (Å²) in [5.74, 6) is 0. The number of nitrogens with zero attached hydrogens (tertiary/aromatic N) is 2. The predicted octanol–water partition coefficient (Wildman–Crippen LogP) is 3.14. The van der Waals surface area contributed by atoms with Crippen molar-refractivity contribution in [2.24, 2.45) is 0 Å². The zero-order valence-electron chi connectivity index (χ0n) is 10.3. The standard InChI is InChI=1S/C13H16ClN3S/c1-2-10-8-15-5-6-17(10)13-16-11-4-3-9(14)7-12(11)18-13/h3-4,7,10,15H,2,5-6,8H2,1H3/t10-/m0/s1. The Balaban J connectivity index is 1.97. The number of halogens is 1. The Morgan fingerprint density at radius 3 is 3.28 bits per heavy atom. The van der Waals surface area contributed by atoms with E-state index < -0.39 is 0 Å². The number of nitrogens with one attached hydrogen (secondary N) is 1. The van der Waals surface area contributed by atoms with E-state index in [1.54, 1.807) is 11.3 Å². The Morgan fingerprint density at radius 2 is 2.44 bits per heavy atom. The summed E-state index contributed by atoms with van der Waals surface area (Å²) in [5.41, 5.74) is 1.05. The van der Waals surface area contributed by atoms with Crippen LogP contribution >= 0.6 is 22.9 Å². The van der Waals surface area contributed by atoms with Crippen LogP contribution in [0.2, 0.25) is 5.02 Å². The maximum Gasteiger partial charge on any atom is 0.186 e. The number of benzene rings is 1. The van der Waals surface area contributed by atoms with Crippen molar-refractivity contribution in [3.63, 3.8) is 0 Å². The molecule has 1 fully saturated rings. The highest BCUT2D eigenvalue weighted by Crippen LogP contribution is 2.32. The highest BCUT2D eigenvalue weighted by molar-refractivity contribution is 7.22. The van der Waals surface area contributed by atoms with Gasteiger partial charge in [0.05, 0.1) is 10.2 Å². The smallest absolute Gasteiger partial charge is 0.186 e. The van der Waals surface area contributed by atoms with Crippen molar-refractivity contribution in [2.75, 3.05) is 24.5 Å². The molecule has 1 atom stereocenters. The van der Waals surface area contributed by atoms with Crippen LogP contribution in [0.1, 0.15) is 13.3 Å². The van der Waals surface area contributed by atoms with E-state index in [9.17, 15) is 0 Å². The lowest BCUT2D eigenvalue weighted by molar-refractivity contribution is 0.466. The van der Waals surface area contributed by atoms with Gasteiger partial charge in [-0.15, -0.1) is 0 Å². The molecule has 1 aliphatic heterocycles. The molecule has 0 bridgehead atoms. The van der Waals surface area contributed by atoms with Gasteiger partial charge in [0, 0.05) is 30.7 Å². The van der Waals surface area contributed by atoms with Gasteiger partial charge in [-0.1, -0.05) is 29.9 Å². The second-order valence-corrected chi connectivity index (χ2v) is 6.01. The summed E-state index contributed by atoms with van der Waals surface area (Å²) >= 11 is 7.76. The van der Waals surface area contributed by atoms with Gasteiger partial charge >= 0.3 is 0 Å². The molecule has 96 valence electrons. The Morgan fingerprint density at radius 1 is 1.56 bits per heavy atom. The average molecular weight is 282 g/mol. The van der Waals surface area contributed by atoms with Gasteiger partial charge in [0.2, 0.25) is 0 Å². The first-order chi connectivity index (χ1) is 8.78. The van der Waals surface area contributed by atoms with Crippen LogP contribution in [0.15, 0.2) is 18.2 Å². The van der Waals surface area contributed by atoms with Gasteiger partial charge in [-0.2, -0.15) is 0 Å². The Labute approximate surface area is 116 Å². The summed E-state index contributed by atoms with van der Waals surface area (Å²) in [5, 5.41) is 5.35.